The van der Waals surface area contributed by atoms with Crippen molar-refractivity contribution in [2.75, 3.05) is 7.11 Å². The third kappa shape index (κ3) is 5.83. The quantitative estimate of drug-likeness (QED) is 0.217. The van der Waals surface area contributed by atoms with E-state index in [1.165, 1.54) is 4.90 Å². The number of aliphatic hydroxyl groups is 1. The number of amides is 1. The standard InChI is InChI=1S/C31H33NO6/c1-19(2)37-24-14-12-21(13-15-24)18-32-28(22-8-6-10-25(16-22)36-5)27(30(34)31(32)35)29(33)23-9-7-11-26(17-23)38-20(3)4/h6-17,19-20,28,33H,18H2,1-5H3/b29-27-. The summed E-state index contributed by atoms with van der Waals surface area (Å²) in [4.78, 5) is 28.3. The van der Waals surface area contributed by atoms with Crippen LogP contribution in [0.4, 0.5) is 0 Å². The number of carbonyl (C=O) groups is 2. The number of carbonyl (C=O) groups excluding carboxylic acids is 2. The molecule has 4 rings (SSSR count). The maximum Gasteiger partial charge on any atom is 0.295 e. The lowest BCUT2D eigenvalue weighted by Crippen LogP contribution is -2.29. The van der Waals surface area contributed by atoms with Crippen LogP contribution in [0.5, 0.6) is 17.2 Å². The number of hydrogen-bond acceptors (Lipinski definition) is 6. The summed E-state index contributed by atoms with van der Waals surface area (Å²) in [6, 6.07) is 20.6. The molecule has 0 bridgehead atoms. The molecule has 7 nitrogen and oxygen atoms in total. The van der Waals surface area contributed by atoms with E-state index in [0.29, 0.717) is 22.6 Å². The highest BCUT2D eigenvalue weighted by atomic mass is 16.5. The topological polar surface area (TPSA) is 85.3 Å². The van der Waals surface area contributed by atoms with Gasteiger partial charge in [0.1, 0.15) is 23.0 Å². The molecule has 0 saturated carbocycles. The minimum atomic E-state index is -0.814. The Bertz CT molecular complexity index is 1340. The highest BCUT2D eigenvalue weighted by Crippen LogP contribution is 2.41. The highest BCUT2D eigenvalue weighted by molar-refractivity contribution is 6.46. The smallest absolute Gasteiger partial charge is 0.295 e. The van der Waals surface area contributed by atoms with Crippen LogP contribution in [0, 0.1) is 0 Å². The molecule has 0 aliphatic carbocycles. The molecule has 1 heterocycles. The third-order valence-electron chi connectivity index (χ3n) is 6.08. The van der Waals surface area contributed by atoms with E-state index in [4.69, 9.17) is 14.2 Å². The SMILES string of the molecule is COc1cccc(C2/C(=C(/O)c3cccc(OC(C)C)c3)C(=O)C(=O)N2Cc2ccc(OC(C)C)cc2)c1. The summed E-state index contributed by atoms with van der Waals surface area (Å²) in [6.07, 6.45) is -0.0247. The molecule has 0 spiro atoms. The Hall–Kier alpha value is -4.26. The second-order valence-corrected chi connectivity index (χ2v) is 9.71. The first-order valence-corrected chi connectivity index (χ1v) is 12.6. The van der Waals surface area contributed by atoms with Gasteiger partial charge in [0.25, 0.3) is 11.7 Å². The van der Waals surface area contributed by atoms with Crippen molar-refractivity contribution in [3.05, 3.63) is 95.1 Å². The molecular weight excluding hydrogens is 482 g/mol. The Labute approximate surface area is 223 Å². The van der Waals surface area contributed by atoms with Gasteiger partial charge < -0.3 is 24.2 Å². The Morgan fingerprint density at radius 3 is 2.13 bits per heavy atom. The minimum absolute atomic E-state index is 0.0183. The zero-order valence-corrected chi connectivity index (χ0v) is 22.3. The van der Waals surface area contributed by atoms with Crippen LogP contribution in [0.2, 0.25) is 0 Å². The molecule has 1 N–H and O–H groups in total. The van der Waals surface area contributed by atoms with Gasteiger partial charge in [-0.25, -0.2) is 0 Å². The Balaban J connectivity index is 1.79. The number of rotatable bonds is 9. The Kier molecular flexibility index (Phi) is 8.05. The zero-order valence-electron chi connectivity index (χ0n) is 22.3. The summed E-state index contributed by atoms with van der Waals surface area (Å²) in [5, 5.41) is 11.4. The number of aliphatic hydroxyl groups excluding tert-OH is 1. The van der Waals surface area contributed by atoms with E-state index in [1.54, 1.807) is 49.6 Å². The van der Waals surface area contributed by atoms with E-state index in [-0.39, 0.29) is 30.1 Å². The summed E-state index contributed by atoms with van der Waals surface area (Å²) >= 11 is 0. The molecular formula is C31H33NO6. The van der Waals surface area contributed by atoms with Crippen LogP contribution in [0.15, 0.2) is 78.4 Å². The van der Waals surface area contributed by atoms with Crippen LogP contribution >= 0.6 is 0 Å². The van der Waals surface area contributed by atoms with Crippen LogP contribution < -0.4 is 14.2 Å². The number of likely N-dealkylation sites (tertiary alicyclic amines) is 1. The van der Waals surface area contributed by atoms with E-state index in [2.05, 4.69) is 0 Å². The van der Waals surface area contributed by atoms with Crippen molar-refractivity contribution in [2.24, 2.45) is 0 Å². The predicted molar refractivity (Wildman–Crippen MR) is 145 cm³/mol. The molecule has 0 aromatic heterocycles. The van der Waals surface area contributed by atoms with Gasteiger partial charge in [0, 0.05) is 12.1 Å². The molecule has 1 unspecified atom stereocenters. The molecule has 3 aromatic rings. The van der Waals surface area contributed by atoms with E-state index in [0.717, 1.165) is 11.3 Å². The lowest BCUT2D eigenvalue weighted by atomic mass is 9.95. The second kappa shape index (κ2) is 11.4. The maximum absolute atomic E-state index is 13.4. The van der Waals surface area contributed by atoms with E-state index < -0.39 is 17.7 Å². The van der Waals surface area contributed by atoms with Crippen LogP contribution in [-0.4, -0.2) is 41.0 Å². The molecule has 1 amide bonds. The highest BCUT2D eigenvalue weighted by Gasteiger charge is 2.46. The van der Waals surface area contributed by atoms with Gasteiger partial charge in [-0.05, 0) is 75.2 Å². The van der Waals surface area contributed by atoms with Gasteiger partial charge in [0.2, 0.25) is 0 Å². The van der Waals surface area contributed by atoms with Gasteiger partial charge in [-0.15, -0.1) is 0 Å². The maximum atomic E-state index is 13.4. The van der Waals surface area contributed by atoms with Gasteiger partial charge in [0.05, 0.1) is 30.9 Å². The van der Waals surface area contributed by atoms with Crippen LogP contribution in [0.3, 0.4) is 0 Å². The summed E-state index contributed by atoms with van der Waals surface area (Å²) in [7, 11) is 1.55. The fraction of sp³-hybridized carbons (Fsp3) is 0.290. The molecule has 1 atom stereocenters. The average molecular weight is 516 g/mol. The number of Topliss-reactive ketones (excluding diaryl/α,β-unsaturated/α-hetero) is 1. The molecule has 1 saturated heterocycles. The molecule has 198 valence electrons. The van der Waals surface area contributed by atoms with E-state index >= 15 is 0 Å². The van der Waals surface area contributed by atoms with Crippen LogP contribution in [-0.2, 0) is 16.1 Å². The lowest BCUT2D eigenvalue weighted by molar-refractivity contribution is -0.140. The van der Waals surface area contributed by atoms with Crippen molar-refractivity contribution >= 4 is 17.4 Å². The van der Waals surface area contributed by atoms with Crippen LogP contribution in [0.1, 0.15) is 50.4 Å². The van der Waals surface area contributed by atoms with E-state index in [9.17, 15) is 14.7 Å². The predicted octanol–water partition coefficient (Wildman–Crippen LogP) is 5.89. The summed E-state index contributed by atoms with van der Waals surface area (Å²) in [5.41, 5.74) is 1.89. The average Bonchev–Trinajstić information content (AvgIpc) is 3.14. The number of benzene rings is 3. The first kappa shape index (κ1) is 26.8. The second-order valence-electron chi connectivity index (χ2n) is 9.71. The minimum Gasteiger partial charge on any atom is -0.507 e. The summed E-state index contributed by atoms with van der Waals surface area (Å²) in [6.45, 7) is 7.88. The number of ether oxygens (including phenoxy) is 3. The monoisotopic (exact) mass is 515 g/mol. The molecule has 38 heavy (non-hydrogen) atoms. The van der Waals surface area contributed by atoms with Crippen molar-refractivity contribution in [2.45, 2.75) is 52.5 Å². The van der Waals surface area contributed by atoms with Crippen LogP contribution in [0.25, 0.3) is 5.76 Å². The third-order valence-corrected chi connectivity index (χ3v) is 6.08. The fourth-order valence-electron chi connectivity index (χ4n) is 4.49. The van der Waals surface area contributed by atoms with Crippen molar-refractivity contribution in [1.29, 1.82) is 0 Å². The van der Waals surface area contributed by atoms with Crippen molar-refractivity contribution < 1.29 is 28.9 Å². The van der Waals surface area contributed by atoms with Crippen molar-refractivity contribution in [3.8, 4) is 17.2 Å². The van der Waals surface area contributed by atoms with Gasteiger partial charge in [0.15, 0.2) is 0 Å². The fourth-order valence-corrected chi connectivity index (χ4v) is 4.49. The lowest BCUT2D eigenvalue weighted by Gasteiger charge is -2.26. The first-order valence-electron chi connectivity index (χ1n) is 12.6. The largest absolute Gasteiger partial charge is 0.507 e. The summed E-state index contributed by atoms with van der Waals surface area (Å²) in [5.74, 6) is 0.171. The molecule has 1 aliphatic heterocycles. The van der Waals surface area contributed by atoms with Crippen molar-refractivity contribution in [1.82, 2.24) is 4.90 Å². The van der Waals surface area contributed by atoms with Gasteiger partial charge >= 0.3 is 0 Å². The molecule has 1 fully saturated rings. The molecule has 7 heteroatoms. The zero-order chi connectivity index (χ0) is 27.4. The van der Waals surface area contributed by atoms with Gasteiger partial charge in [-0.1, -0.05) is 36.4 Å². The molecule has 3 aromatic carbocycles. The number of ketones is 1. The first-order chi connectivity index (χ1) is 18.2. The molecule has 1 aliphatic rings. The number of methoxy groups -OCH3 is 1. The van der Waals surface area contributed by atoms with Crippen molar-refractivity contribution in [3.63, 3.8) is 0 Å². The van der Waals surface area contributed by atoms with Gasteiger partial charge in [-0.3, -0.25) is 9.59 Å². The Morgan fingerprint density at radius 1 is 0.842 bits per heavy atom. The molecule has 0 radical (unpaired) electrons. The van der Waals surface area contributed by atoms with Gasteiger partial charge in [-0.2, -0.15) is 0 Å². The van der Waals surface area contributed by atoms with E-state index in [1.807, 2.05) is 58.0 Å². The summed E-state index contributed by atoms with van der Waals surface area (Å²) < 4.78 is 16.9. The Morgan fingerprint density at radius 2 is 1.47 bits per heavy atom. The number of nitrogens with zero attached hydrogens (tertiary/aromatic N) is 1. The number of hydrogen-bond donors (Lipinski definition) is 1. The normalized spacial score (nSPS) is 16.8.